The average molecular weight is 269 g/mol. The van der Waals surface area contributed by atoms with Crippen LogP contribution >= 0.6 is 0 Å². The maximum Gasteiger partial charge on any atom is 0.412 e. The average Bonchev–Trinajstić information content (AvgIpc) is 2.38. The molecule has 2 N–H and O–H groups in total. The summed E-state index contributed by atoms with van der Waals surface area (Å²) in [4.78, 5) is 22.4. The van der Waals surface area contributed by atoms with E-state index in [0.717, 1.165) is 12.1 Å². The zero-order valence-corrected chi connectivity index (χ0v) is 10.1. The first-order valence-corrected chi connectivity index (χ1v) is 5.15. The number of carboxylic acids is 1. The molecule has 0 aliphatic rings. The summed E-state index contributed by atoms with van der Waals surface area (Å²) in [5.74, 6) is -2.42. The van der Waals surface area contributed by atoms with Crippen molar-refractivity contribution in [1.29, 1.82) is 0 Å². The normalized spacial score (nSPS) is 9.58. The minimum absolute atomic E-state index is 0.0760. The Labute approximate surface area is 108 Å². The first-order chi connectivity index (χ1) is 9.01. The maximum absolute atomic E-state index is 13.6. The van der Waals surface area contributed by atoms with E-state index in [-0.39, 0.29) is 12.4 Å². The Kier molecular flexibility index (Phi) is 4.87. The predicted molar refractivity (Wildman–Crippen MR) is 65.1 cm³/mol. The predicted octanol–water partition coefficient (Wildman–Crippen LogP) is 2.27. The van der Waals surface area contributed by atoms with Crippen LogP contribution in [-0.4, -0.2) is 30.9 Å². The number of aromatic carboxylic acids is 1. The number of carboxylic acid groups (broad SMARTS) is 1. The van der Waals surface area contributed by atoms with Crippen LogP contribution in [0.4, 0.5) is 14.9 Å². The quantitative estimate of drug-likeness (QED) is 0.801. The minimum Gasteiger partial charge on any atom is -0.496 e. The van der Waals surface area contributed by atoms with Gasteiger partial charge < -0.3 is 14.6 Å². The molecule has 0 aliphatic carbocycles. The highest BCUT2D eigenvalue weighted by molar-refractivity contribution is 6.01. The number of amides is 1. The number of ether oxygens (including phenoxy) is 2. The van der Waals surface area contributed by atoms with Gasteiger partial charge in [0.15, 0.2) is 0 Å². The number of benzene rings is 1. The van der Waals surface area contributed by atoms with Crippen molar-refractivity contribution in [2.24, 2.45) is 0 Å². The van der Waals surface area contributed by atoms with E-state index in [0.29, 0.717) is 0 Å². The van der Waals surface area contributed by atoms with Crippen LogP contribution in [0.15, 0.2) is 24.8 Å². The number of nitrogens with one attached hydrogen (secondary N) is 1. The molecule has 0 heterocycles. The Balaban J connectivity index is 3.14. The summed E-state index contributed by atoms with van der Waals surface area (Å²) in [5, 5.41) is 11.1. The molecule has 0 radical (unpaired) electrons. The van der Waals surface area contributed by atoms with Gasteiger partial charge in [-0.1, -0.05) is 12.7 Å². The fourth-order valence-corrected chi connectivity index (χ4v) is 1.34. The van der Waals surface area contributed by atoms with Crippen LogP contribution in [0.1, 0.15) is 10.4 Å². The third-order valence-corrected chi connectivity index (χ3v) is 2.11. The molecule has 7 heteroatoms. The van der Waals surface area contributed by atoms with Gasteiger partial charge in [-0.2, -0.15) is 0 Å². The third kappa shape index (κ3) is 3.44. The van der Waals surface area contributed by atoms with Crippen molar-refractivity contribution in [2.75, 3.05) is 19.0 Å². The molecule has 0 atom stereocenters. The fraction of sp³-hybridized carbons (Fsp3) is 0.167. The van der Waals surface area contributed by atoms with Gasteiger partial charge in [0, 0.05) is 0 Å². The standard InChI is InChI=1S/C12H12FNO5/c1-3-6-19-12(17)14-10-7(13)4-5-8(18-2)9(10)11(15)16/h3-5H,1,6H2,2H3,(H,14,17)(H,15,16). The Morgan fingerprint density at radius 1 is 1.53 bits per heavy atom. The van der Waals surface area contributed by atoms with Crippen LogP contribution in [0.25, 0.3) is 0 Å². The lowest BCUT2D eigenvalue weighted by atomic mass is 10.1. The van der Waals surface area contributed by atoms with E-state index in [9.17, 15) is 14.0 Å². The van der Waals surface area contributed by atoms with Crippen molar-refractivity contribution in [3.05, 3.63) is 36.2 Å². The molecule has 1 aromatic rings. The summed E-state index contributed by atoms with van der Waals surface area (Å²) in [5.41, 5.74) is -1.00. The Hall–Kier alpha value is -2.57. The lowest BCUT2D eigenvalue weighted by Crippen LogP contribution is -2.18. The number of halogens is 1. The van der Waals surface area contributed by atoms with Gasteiger partial charge in [0.05, 0.1) is 12.8 Å². The second kappa shape index (κ2) is 6.39. The number of methoxy groups -OCH3 is 1. The summed E-state index contributed by atoms with van der Waals surface area (Å²) in [6.07, 6.45) is 0.328. The van der Waals surface area contributed by atoms with E-state index in [1.165, 1.54) is 13.2 Å². The highest BCUT2D eigenvalue weighted by atomic mass is 19.1. The fourth-order valence-electron chi connectivity index (χ4n) is 1.34. The molecular formula is C12H12FNO5. The summed E-state index contributed by atoms with van der Waals surface area (Å²) in [6.45, 7) is 3.25. The SMILES string of the molecule is C=CCOC(=O)Nc1c(F)ccc(OC)c1C(=O)O. The number of carbonyl (C=O) groups is 2. The van der Waals surface area contributed by atoms with E-state index >= 15 is 0 Å². The number of rotatable bonds is 5. The third-order valence-electron chi connectivity index (χ3n) is 2.11. The van der Waals surface area contributed by atoms with Gasteiger partial charge in [0.2, 0.25) is 0 Å². The van der Waals surface area contributed by atoms with Crippen LogP contribution in [0.3, 0.4) is 0 Å². The molecule has 1 amide bonds. The molecule has 0 saturated heterocycles. The number of hydrogen-bond acceptors (Lipinski definition) is 4. The van der Waals surface area contributed by atoms with Crippen LogP contribution < -0.4 is 10.1 Å². The van der Waals surface area contributed by atoms with Crippen molar-refractivity contribution >= 4 is 17.7 Å². The van der Waals surface area contributed by atoms with Gasteiger partial charge in [-0.3, -0.25) is 5.32 Å². The monoisotopic (exact) mass is 269 g/mol. The van der Waals surface area contributed by atoms with Crippen molar-refractivity contribution in [2.45, 2.75) is 0 Å². The lowest BCUT2D eigenvalue weighted by molar-refractivity contribution is 0.0694. The van der Waals surface area contributed by atoms with Crippen LogP contribution in [-0.2, 0) is 4.74 Å². The van der Waals surface area contributed by atoms with Crippen LogP contribution in [0.5, 0.6) is 5.75 Å². The summed E-state index contributed by atoms with van der Waals surface area (Å²) >= 11 is 0. The molecule has 1 aromatic carbocycles. The lowest BCUT2D eigenvalue weighted by Gasteiger charge is -2.12. The summed E-state index contributed by atoms with van der Waals surface area (Å²) in [7, 11) is 1.24. The van der Waals surface area contributed by atoms with Crippen molar-refractivity contribution in [1.82, 2.24) is 0 Å². The molecular weight excluding hydrogens is 257 g/mol. The largest absolute Gasteiger partial charge is 0.496 e. The van der Waals surface area contributed by atoms with Gasteiger partial charge in [-0.25, -0.2) is 14.0 Å². The summed E-state index contributed by atoms with van der Waals surface area (Å²) in [6, 6.07) is 2.13. The highest BCUT2D eigenvalue weighted by Crippen LogP contribution is 2.29. The van der Waals surface area contributed by atoms with Crippen molar-refractivity contribution in [3.63, 3.8) is 0 Å². The molecule has 0 saturated carbocycles. The summed E-state index contributed by atoms with van der Waals surface area (Å²) < 4.78 is 23.0. The maximum atomic E-state index is 13.6. The van der Waals surface area contributed by atoms with Gasteiger partial charge in [0.25, 0.3) is 0 Å². The number of hydrogen-bond donors (Lipinski definition) is 2. The van der Waals surface area contributed by atoms with E-state index < -0.39 is 29.1 Å². The number of anilines is 1. The van der Waals surface area contributed by atoms with E-state index in [4.69, 9.17) is 9.84 Å². The van der Waals surface area contributed by atoms with Gasteiger partial charge >= 0.3 is 12.1 Å². The molecule has 0 unspecified atom stereocenters. The Morgan fingerprint density at radius 2 is 2.21 bits per heavy atom. The Morgan fingerprint density at radius 3 is 2.74 bits per heavy atom. The van der Waals surface area contributed by atoms with Gasteiger partial charge in [-0.05, 0) is 12.1 Å². The second-order valence-electron chi connectivity index (χ2n) is 3.32. The highest BCUT2D eigenvalue weighted by Gasteiger charge is 2.22. The smallest absolute Gasteiger partial charge is 0.412 e. The van der Waals surface area contributed by atoms with E-state index in [2.05, 4.69) is 11.3 Å². The molecule has 0 aromatic heterocycles. The van der Waals surface area contributed by atoms with E-state index in [1.807, 2.05) is 5.32 Å². The minimum atomic E-state index is -1.43. The second-order valence-corrected chi connectivity index (χ2v) is 3.32. The molecule has 0 spiro atoms. The first-order valence-electron chi connectivity index (χ1n) is 5.15. The van der Waals surface area contributed by atoms with Gasteiger partial charge in [-0.15, -0.1) is 0 Å². The topological polar surface area (TPSA) is 84.9 Å². The molecule has 102 valence electrons. The first kappa shape index (κ1) is 14.5. The van der Waals surface area contributed by atoms with Crippen molar-refractivity contribution in [3.8, 4) is 5.75 Å². The van der Waals surface area contributed by atoms with E-state index in [1.54, 1.807) is 0 Å². The molecule has 1 rings (SSSR count). The van der Waals surface area contributed by atoms with Crippen LogP contribution in [0.2, 0.25) is 0 Å². The molecule has 0 bridgehead atoms. The zero-order chi connectivity index (χ0) is 14.4. The number of carbonyl (C=O) groups excluding carboxylic acids is 1. The molecule has 6 nitrogen and oxygen atoms in total. The van der Waals surface area contributed by atoms with Crippen LogP contribution in [0, 0.1) is 5.82 Å². The Bertz CT molecular complexity index is 515. The van der Waals surface area contributed by atoms with Gasteiger partial charge in [0.1, 0.15) is 23.7 Å². The zero-order valence-electron chi connectivity index (χ0n) is 10.1. The van der Waals surface area contributed by atoms with Crippen molar-refractivity contribution < 1.29 is 28.6 Å². The molecule has 0 fully saturated rings. The molecule has 0 aliphatic heterocycles. The molecule has 19 heavy (non-hydrogen) atoms.